The molecule has 0 aliphatic rings. The quantitative estimate of drug-likeness (QED) is 0.254. The van der Waals surface area contributed by atoms with Crippen molar-refractivity contribution in [2.75, 3.05) is 5.32 Å². The van der Waals surface area contributed by atoms with Crippen LogP contribution in [0.25, 0.3) is 0 Å². The molecular formula is C28H26F3N3O3. The molecule has 0 saturated heterocycles. The van der Waals surface area contributed by atoms with Gasteiger partial charge < -0.3 is 14.5 Å². The number of benzene rings is 2. The highest BCUT2D eigenvalue weighted by Crippen LogP contribution is 2.30. The van der Waals surface area contributed by atoms with Gasteiger partial charge in [-0.1, -0.05) is 36.4 Å². The van der Waals surface area contributed by atoms with Crippen molar-refractivity contribution in [3.63, 3.8) is 0 Å². The minimum absolute atomic E-state index is 0.0994. The molecule has 2 heterocycles. The zero-order chi connectivity index (χ0) is 26.6. The maximum atomic E-state index is 13.1. The van der Waals surface area contributed by atoms with E-state index in [1.165, 1.54) is 6.07 Å². The van der Waals surface area contributed by atoms with E-state index in [1.807, 2.05) is 24.3 Å². The number of anilines is 1. The molecule has 0 aliphatic carbocycles. The molecule has 6 nitrogen and oxygen atoms in total. The van der Waals surface area contributed by atoms with Crippen molar-refractivity contribution in [3.05, 3.63) is 113 Å². The number of amides is 1. The van der Waals surface area contributed by atoms with Gasteiger partial charge in [0, 0.05) is 0 Å². The Morgan fingerprint density at radius 2 is 1.92 bits per heavy atom. The number of allylic oxidation sites excluding steroid dienone is 1. The molecule has 0 radical (unpaired) electrons. The van der Waals surface area contributed by atoms with Crippen LogP contribution >= 0.6 is 0 Å². The van der Waals surface area contributed by atoms with Crippen molar-refractivity contribution >= 4 is 11.6 Å². The molecule has 4 aromatic rings. The van der Waals surface area contributed by atoms with Gasteiger partial charge in [-0.3, -0.25) is 9.48 Å². The van der Waals surface area contributed by atoms with Crippen molar-refractivity contribution in [3.8, 4) is 5.75 Å². The minimum Gasteiger partial charge on any atom is -0.485 e. The number of aryl methyl sites for hydroxylation is 1. The highest BCUT2D eigenvalue weighted by molar-refractivity contribution is 6.02. The van der Waals surface area contributed by atoms with Crippen molar-refractivity contribution in [1.29, 1.82) is 0 Å². The number of hydrogen-bond donors (Lipinski definition) is 1. The Bertz CT molecular complexity index is 1420. The fourth-order valence-electron chi connectivity index (χ4n) is 3.92. The second-order valence-electron chi connectivity index (χ2n) is 8.51. The molecule has 4 rings (SSSR count). The van der Waals surface area contributed by atoms with Crippen molar-refractivity contribution in [2.45, 2.75) is 39.6 Å². The number of nitrogens with zero attached hydrogens (tertiary/aromatic N) is 2. The van der Waals surface area contributed by atoms with E-state index in [1.54, 1.807) is 42.8 Å². The van der Waals surface area contributed by atoms with Gasteiger partial charge in [-0.15, -0.1) is 6.58 Å². The fourth-order valence-corrected chi connectivity index (χ4v) is 3.92. The summed E-state index contributed by atoms with van der Waals surface area (Å²) in [5.74, 6) is 0.821. The summed E-state index contributed by atoms with van der Waals surface area (Å²) in [6.45, 7) is 7.49. The Balaban J connectivity index is 1.43. The van der Waals surface area contributed by atoms with E-state index in [0.29, 0.717) is 40.6 Å². The molecular weight excluding hydrogens is 483 g/mol. The first-order valence-corrected chi connectivity index (χ1v) is 11.6. The first kappa shape index (κ1) is 25.8. The number of carbonyl (C=O) groups excluding carboxylic acids is 1. The van der Waals surface area contributed by atoms with Gasteiger partial charge in [-0.2, -0.15) is 18.3 Å². The first-order chi connectivity index (χ1) is 17.7. The van der Waals surface area contributed by atoms with Crippen LogP contribution in [0.5, 0.6) is 5.75 Å². The summed E-state index contributed by atoms with van der Waals surface area (Å²) in [5, 5.41) is 7.20. The predicted octanol–water partition coefficient (Wildman–Crippen LogP) is 6.72. The monoisotopic (exact) mass is 509 g/mol. The number of nitrogens with one attached hydrogen (secondary N) is 1. The number of ether oxygens (including phenoxy) is 1. The Hall–Kier alpha value is -4.27. The number of rotatable bonds is 9. The number of furan rings is 1. The van der Waals surface area contributed by atoms with E-state index in [-0.39, 0.29) is 18.9 Å². The summed E-state index contributed by atoms with van der Waals surface area (Å²) in [6.07, 6.45) is -1.96. The molecule has 1 N–H and O–H groups in total. The molecule has 9 heteroatoms. The molecule has 0 bridgehead atoms. The number of para-hydroxylation sites is 1. The standard InChI is InChI=1S/C28H26F3N3O3/c1-4-8-21-10-5-6-12-24(21)36-17-23-13-14-25(37-23)27(35)32-26-18(2)33-34(19(26)3)16-20-9-7-11-22(15-20)28(29,30)31/h4-7,9-15H,1,8,16-17H2,2-3H3,(H,32,35). The molecule has 0 saturated carbocycles. The summed E-state index contributed by atoms with van der Waals surface area (Å²) < 4.78 is 52.3. The van der Waals surface area contributed by atoms with Crippen molar-refractivity contribution < 1.29 is 27.1 Å². The normalized spacial score (nSPS) is 11.4. The van der Waals surface area contributed by atoms with Gasteiger partial charge in [0.25, 0.3) is 5.91 Å². The molecule has 0 aliphatic heterocycles. The molecule has 0 fully saturated rings. The zero-order valence-corrected chi connectivity index (χ0v) is 20.4. The topological polar surface area (TPSA) is 69.3 Å². The van der Waals surface area contributed by atoms with Gasteiger partial charge in [-0.05, 0) is 61.7 Å². The van der Waals surface area contributed by atoms with Crippen molar-refractivity contribution in [2.24, 2.45) is 0 Å². The van der Waals surface area contributed by atoms with Gasteiger partial charge in [0.15, 0.2) is 5.76 Å². The molecule has 0 spiro atoms. The van der Waals surface area contributed by atoms with Crippen LogP contribution in [0.1, 0.15) is 44.4 Å². The zero-order valence-electron chi connectivity index (χ0n) is 20.4. The average Bonchev–Trinajstić information content (AvgIpc) is 3.44. The maximum absolute atomic E-state index is 13.1. The van der Waals surface area contributed by atoms with Crippen LogP contribution in [0, 0.1) is 13.8 Å². The highest BCUT2D eigenvalue weighted by atomic mass is 19.4. The molecule has 0 unspecified atom stereocenters. The van der Waals surface area contributed by atoms with Crippen LogP contribution < -0.4 is 10.1 Å². The second kappa shape index (κ2) is 10.8. The Morgan fingerprint density at radius 1 is 1.14 bits per heavy atom. The van der Waals surface area contributed by atoms with E-state index < -0.39 is 17.6 Å². The van der Waals surface area contributed by atoms with E-state index in [0.717, 1.165) is 17.7 Å². The lowest BCUT2D eigenvalue weighted by Gasteiger charge is -2.10. The van der Waals surface area contributed by atoms with Crippen LogP contribution in [-0.4, -0.2) is 15.7 Å². The molecule has 37 heavy (non-hydrogen) atoms. The summed E-state index contributed by atoms with van der Waals surface area (Å²) in [5.41, 5.74) is 2.34. The summed E-state index contributed by atoms with van der Waals surface area (Å²) in [7, 11) is 0. The molecule has 1 amide bonds. The Morgan fingerprint density at radius 3 is 2.68 bits per heavy atom. The van der Waals surface area contributed by atoms with Gasteiger partial charge in [0.2, 0.25) is 0 Å². The smallest absolute Gasteiger partial charge is 0.416 e. The van der Waals surface area contributed by atoms with Crippen molar-refractivity contribution in [1.82, 2.24) is 9.78 Å². The highest BCUT2D eigenvalue weighted by Gasteiger charge is 2.30. The Labute approximate surface area is 212 Å². The maximum Gasteiger partial charge on any atom is 0.416 e. The molecule has 2 aromatic carbocycles. The van der Waals surface area contributed by atoms with Gasteiger partial charge in [-0.25, -0.2) is 0 Å². The lowest BCUT2D eigenvalue weighted by molar-refractivity contribution is -0.137. The Kier molecular flexibility index (Phi) is 7.52. The molecule has 0 atom stereocenters. The summed E-state index contributed by atoms with van der Waals surface area (Å²) in [4.78, 5) is 12.8. The number of halogens is 3. The van der Waals surface area contributed by atoms with E-state index >= 15 is 0 Å². The number of hydrogen-bond acceptors (Lipinski definition) is 4. The van der Waals surface area contributed by atoms with Crippen LogP contribution in [0.4, 0.5) is 18.9 Å². The first-order valence-electron chi connectivity index (χ1n) is 11.6. The van der Waals surface area contributed by atoms with E-state index in [2.05, 4.69) is 17.0 Å². The second-order valence-corrected chi connectivity index (χ2v) is 8.51. The lowest BCUT2D eigenvalue weighted by atomic mass is 10.1. The minimum atomic E-state index is -4.42. The molecule has 192 valence electrons. The van der Waals surface area contributed by atoms with Crippen LogP contribution in [0.2, 0.25) is 0 Å². The predicted molar refractivity (Wildman–Crippen MR) is 134 cm³/mol. The molecule has 2 aromatic heterocycles. The van der Waals surface area contributed by atoms with E-state index in [9.17, 15) is 18.0 Å². The number of aromatic nitrogens is 2. The lowest BCUT2D eigenvalue weighted by Crippen LogP contribution is -2.13. The van der Waals surface area contributed by atoms with Crippen LogP contribution in [0.15, 0.2) is 77.7 Å². The van der Waals surface area contributed by atoms with Gasteiger partial charge in [0.1, 0.15) is 18.1 Å². The largest absolute Gasteiger partial charge is 0.485 e. The number of carbonyl (C=O) groups is 1. The third kappa shape index (κ3) is 6.11. The summed E-state index contributed by atoms with van der Waals surface area (Å²) >= 11 is 0. The third-order valence-corrected chi connectivity index (χ3v) is 5.80. The van der Waals surface area contributed by atoms with Gasteiger partial charge >= 0.3 is 6.18 Å². The average molecular weight is 510 g/mol. The number of alkyl halides is 3. The summed E-state index contributed by atoms with van der Waals surface area (Å²) in [6, 6.07) is 15.9. The van der Waals surface area contributed by atoms with Crippen LogP contribution in [-0.2, 0) is 25.7 Å². The third-order valence-electron chi connectivity index (χ3n) is 5.80. The fraction of sp³-hybridized carbons (Fsp3) is 0.214. The van der Waals surface area contributed by atoms with Gasteiger partial charge in [0.05, 0.1) is 29.2 Å². The van der Waals surface area contributed by atoms with E-state index in [4.69, 9.17) is 9.15 Å². The SMILES string of the molecule is C=CCc1ccccc1OCc1ccc(C(=O)Nc2c(C)nn(Cc3cccc(C(F)(F)F)c3)c2C)o1. The van der Waals surface area contributed by atoms with Crippen LogP contribution in [0.3, 0.4) is 0 Å².